The number of anilines is 1. The van der Waals surface area contributed by atoms with Crippen molar-refractivity contribution in [1.82, 2.24) is 9.97 Å². The van der Waals surface area contributed by atoms with Crippen molar-refractivity contribution in [2.45, 2.75) is 62.8 Å². The van der Waals surface area contributed by atoms with Gasteiger partial charge in [0.1, 0.15) is 11.5 Å². The Morgan fingerprint density at radius 2 is 1.56 bits per heavy atom. The second-order valence-electron chi connectivity index (χ2n) is 10.1. The fourth-order valence-corrected chi connectivity index (χ4v) is 5.10. The molecular weight excluding hydrogens is 597 g/mol. The number of amides is 1. The Labute approximate surface area is 238 Å². The van der Waals surface area contributed by atoms with Gasteiger partial charge in [-0.25, -0.2) is 14.8 Å². The number of benzene rings is 2. The van der Waals surface area contributed by atoms with Crippen LogP contribution in [0.1, 0.15) is 70.6 Å². The van der Waals surface area contributed by atoms with E-state index in [1.54, 1.807) is 6.92 Å². The van der Waals surface area contributed by atoms with Gasteiger partial charge in [0.05, 0.1) is 28.1 Å². The number of carboxylic acid groups (broad SMARTS) is 1. The maximum atomic E-state index is 13.6. The summed E-state index contributed by atoms with van der Waals surface area (Å²) >= 11 is 0. The van der Waals surface area contributed by atoms with Crippen molar-refractivity contribution in [3.8, 4) is 0 Å². The summed E-state index contributed by atoms with van der Waals surface area (Å²) in [6.45, 7) is 1.31. The Hall–Kier alpha value is -3.92. The zero-order valence-electron chi connectivity index (χ0n) is 22.2. The minimum absolute atomic E-state index is 0.0181. The third-order valence-electron chi connectivity index (χ3n) is 7.30. The Morgan fingerprint density at radius 1 is 0.977 bits per heavy atom. The van der Waals surface area contributed by atoms with E-state index in [0.29, 0.717) is 18.2 Å². The van der Waals surface area contributed by atoms with Gasteiger partial charge in [0.2, 0.25) is 0 Å². The van der Waals surface area contributed by atoms with Gasteiger partial charge in [0.25, 0.3) is 0 Å². The number of rotatable bonds is 5. The van der Waals surface area contributed by atoms with E-state index in [1.165, 1.54) is 6.20 Å². The van der Waals surface area contributed by atoms with Gasteiger partial charge >= 0.3 is 24.6 Å². The zero-order valence-corrected chi connectivity index (χ0v) is 22.2. The largest absolute Gasteiger partial charge is 0.465 e. The van der Waals surface area contributed by atoms with E-state index in [9.17, 15) is 49.4 Å². The molecule has 2 atom stereocenters. The lowest BCUT2D eigenvalue weighted by atomic mass is 9.80. The molecule has 232 valence electrons. The normalized spacial score (nSPS) is 19.3. The van der Waals surface area contributed by atoms with Crippen molar-refractivity contribution >= 4 is 11.8 Å². The first-order valence-corrected chi connectivity index (χ1v) is 12.6. The van der Waals surface area contributed by atoms with Crippen LogP contribution in [0.4, 0.5) is 50.0 Å². The maximum Gasteiger partial charge on any atom is 0.416 e. The Bertz CT molecular complexity index is 1510. The molecule has 4 rings (SSSR count). The van der Waals surface area contributed by atoms with Gasteiger partial charge in [-0.05, 0) is 60.4 Å². The number of carbonyl (C=O) groups is 1. The van der Waals surface area contributed by atoms with E-state index in [4.69, 9.17) is 11.5 Å². The molecule has 1 amide bonds. The summed E-state index contributed by atoms with van der Waals surface area (Å²) in [5.74, 6) is -1.29. The topological polar surface area (TPSA) is 118 Å². The number of aromatic nitrogens is 2. The van der Waals surface area contributed by atoms with Gasteiger partial charge in [-0.15, -0.1) is 0 Å². The molecule has 0 saturated carbocycles. The fraction of sp³-hybridized carbons (Fsp3) is 0.370. The predicted molar refractivity (Wildman–Crippen MR) is 135 cm³/mol. The summed E-state index contributed by atoms with van der Waals surface area (Å²) in [5.41, 5.74) is 5.81. The number of nitrogens with zero attached hydrogens (tertiary/aromatic N) is 3. The van der Waals surface area contributed by atoms with Crippen LogP contribution in [0.3, 0.4) is 0 Å². The molecule has 2 aromatic carbocycles. The van der Waals surface area contributed by atoms with Crippen LogP contribution >= 0.6 is 0 Å². The van der Waals surface area contributed by atoms with Gasteiger partial charge in [-0.3, -0.25) is 4.90 Å². The highest BCUT2D eigenvalue weighted by Gasteiger charge is 2.47. The molecule has 0 spiro atoms. The number of fused-ring (bicyclic) bond motifs is 1. The Balaban J connectivity index is 1.89. The van der Waals surface area contributed by atoms with Crippen LogP contribution in [0, 0.1) is 0 Å². The van der Waals surface area contributed by atoms with E-state index in [1.807, 2.05) is 0 Å². The van der Waals surface area contributed by atoms with Crippen LogP contribution < -0.4 is 16.4 Å². The molecule has 3 aromatic rings. The van der Waals surface area contributed by atoms with Crippen molar-refractivity contribution in [2.24, 2.45) is 11.5 Å². The molecule has 0 bridgehead atoms. The number of nitrogens with two attached hydrogens (primary N) is 2. The van der Waals surface area contributed by atoms with Crippen LogP contribution in [0.25, 0.3) is 0 Å². The average Bonchev–Trinajstić information content (AvgIpc) is 2.90. The molecule has 5 N–H and O–H groups in total. The lowest BCUT2D eigenvalue weighted by molar-refractivity contribution is -0.143. The summed E-state index contributed by atoms with van der Waals surface area (Å²) in [6, 6.07) is 3.46. The van der Waals surface area contributed by atoms with E-state index in [0.717, 1.165) is 17.0 Å². The fourth-order valence-electron chi connectivity index (χ4n) is 5.10. The van der Waals surface area contributed by atoms with E-state index in [-0.39, 0.29) is 53.8 Å². The lowest BCUT2D eigenvalue weighted by Crippen LogP contribution is -2.61. The molecule has 2 heterocycles. The molecular formula is C27H24F9N5O2. The van der Waals surface area contributed by atoms with Crippen LogP contribution in [0.15, 0.2) is 42.6 Å². The summed E-state index contributed by atoms with van der Waals surface area (Å²) in [6.07, 6.45) is -16.1. The second kappa shape index (κ2) is 11.0. The molecule has 0 aliphatic carbocycles. The molecule has 0 fully saturated rings. The van der Waals surface area contributed by atoms with Gasteiger partial charge < -0.3 is 16.6 Å². The van der Waals surface area contributed by atoms with Crippen LogP contribution in [0.2, 0.25) is 0 Å². The lowest BCUT2D eigenvalue weighted by Gasteiger charge is -2.46. The van der Waals surface area contributed by atoms with Crippen molar-refractivity contribution < 1.29 is 49.4 Å². The first kappa shape index (κ1) is 32.0. The second-order valence-corrected chi connectivity index (χ2v) is 10.1. The van der Waals surface area contributed by atoms with Gasteiger partial charge in [0, 0.05) is 30.6 Å². The van der Waals surface area contributed by atoms with E-state index >= 15 is 0 Å². The van der Waals surface area contributed by atoms with Gasteiger partial charge in [0.15, 0.2) is 0 Å². The van der Waals surface area contributed by atoms with E-state index < -0.39 is 64.9 Å². The highest BCUT2D eigenvalue weighted by atomic mass is 19.4. The number of alkyl halides is 9. The SMILES string of the molecule is CC[C@]1(N)C[C@H](c2ncc(CN)c(Cc3cc(C(F)(F)F)cc(C(F)(F)F)c3)n2)c2cc(C(F)(F)F)ccc2N1C(=O)O. The maximum absolute atomic E-state index is 13.6. The average molecular weight is 622 g/mol. The molecule has 16 heteroatoms. The van der Waals surface area contributed by atoms with E-state index in [2.05, 4.69) is 9.97 Å². The third kappa shape index (κ3) is 6.39. The third-order valence-corrected chi connectivity index (χ3v) is 7.30. The Morgan fingerprint density at radius 3 is 2.05 bits per heavy atom. The van der Waals surface area contributed by atoms with Crippen LogP contribution in [-0.4, -0.2) is 26.8 Å². The number of hydrogen-bond donors (Lipinski definition) is 3. The highest BCUT2D eigenvalue weighted by Crippen LogP contribution is 2.47. The van der Waals surface area contributed by atoms with Crippen molar-refractivity contribution in [2.75, 3.05) is 4.90 Å². The predicted octanol–water partition coefficient (Wildman–Crippen LogP) is 6.67. The minimum atomic E-state index is -5.09. The molecule has 7 nitrogen and oxygen atoms in total. The first-order chi connectivity index (χ1) is 19.8. The van der Waals surface area contributed by atoms with Gasteiger partial charge in [-0.1, -0.05) is 6.92 Å². The summed E-state index contributed by atoms with van der Waals surface area (Å²) in [5, 5.41) is 9.89. The van der Waals surface area contributed by atoms with Crippen molar-refractivity contribution in [3.63, 3.8) is 0 Å². The summed E-state index contributed by atoms with van der Waals surface area (Å²) in [4.78, 5) is 21.5. The monoisotopic (exact) mass is 621 g/mol. The molecule has 0 unspecified atom stereocenters. The summed E-state index contributed by atoms with van der Waals surface area (Å²) in [7, 11) is 0. The smallest absolute Gasteiger partial charge is 0.416 e. The Kier molecular flexibility index (Phi) is 8.17. The molecule has 1 aliphatic rings. The quantitative estimate of drug-likeness (QED) is 0.274. The molecule has 0 saturated heterocycles. The standard InChI is InChI=1S/C27H24F9N5O2/c1-2-24(38)10-19(18-9-15(25(28,29)30)3-4-21(18)41(24)23(42)43)22-39-12-14(11-37)20(40-22)7-13-5-16(26(31,32)33)8-17(6-13)27(34,35)36/h3-6,8-9,12,19H,2,7,10-11,37-38H2,1H3,(H,42,43)/t19-,24+/m0/s1. The molecule has 1 aliphatic heterocycles. The summed E-state index contributed by atoms with van der Waals surface area (Å²) < 4.78 is 121. The number of hydrogen-bond acceptors (Lipinski definition) is 5. The van der Waals surface area contributed by atoms with Crippen LogP contribution in [-0.2, 0) is 31.5 Å². The molecule has 0 radical (unpaired) electrons. The van der Waals surface area contributed by atoms with Crippen molar-refractivity contribution in [1.29, 1.82) is 0 Å². The highest BCUT2D eigenvalue weighted by molar-refractivity contribution is 5.90. The zero-order chi connectivity index (χ0) is 32.1. The van der Waals surface area contributed by atoms with Gasteiger partial charge in [-0.2, -0.15) is 39.5 Å². The minimum Gasteiger partial charge on any atom is -0.465 e. The van der Waals surface area contributed by atoms with Crippen LogP contribution in [0.5, 0.6) is 0 Å². The first-order valence-electron chi connectivity index (χ1n) is 12.6. The molecule has 43 heavy (non-hydrogen) atoms. The number of halogens is 9. The van der Waals surface area contributed by atoms with Crippen molar-refractivity contribution in [3.05, 3.63) is 87.5 Å². The molecule has 1 aromatic heterocycles.